The highest BCUT2D eigenvalue weighted by atomic mass is 19.2. The number of halogens is 3. The average molecular weight is 418 g/mol. The van der Waals surface area contributed by atoms with Crippen molar-refractivity contribution in [2.45, 2.75) is 51.3 Å². The van der Waals surface area contributed by atoms with Gasteiger partial charge in [0.1, 0.15) is 5.82 Å². The molecule has 1 saturated carbocycles. The van der Waals surface area contributed by atoms with Crippen LogP contribution < -0.4 is 0 Å². The van der Waals surface area contributed by atoms with Crippen molar-refractivity contribution in [1.29, 1.82) is 0 Å². The molecule has 0 atom stereocenters. The van der Waals surface area contributed by atoms with Gasteiger partial charge in [0.2, 0.25) is 0 Å². The Morgan fingerprint density at radius 3 is 2.03 bits per heavy atom. The Labute approximate surface area is 183 Å². The van der Waals surface area contributed by atoms with E-state index in [1.54, 1.807) is 18.2 Å². The van der Waals surface area contributed by atoms with E-state index in [4.69, 9.17) is 7.85 Å². The third-order valence-electron chi connectivity index (χ3n) is 6.78. The Kier molecular flexibility index (Phi) is 6.55. The highest BCUT2D eigenvalue weighted by Crippen LogP contribution is 2.39. The molecule has 0 spiro atoms. The number of rotatable bonds is 5. The first-order chi connectivity index (χ1) is 15.0. The molecular weight excluding hydrogens is 392 g/mol. The first-order valence-electron chi connectivity index (χ1n) is 11.1. The van der Waals surface area contributed by atoms with Crippen LogP contribution >= 0.6 is 0 Å². The van der Waals surface area contributed by atoms with Gasteiger partial charge in [-0.05, 0) is 71.4 Å². The molecule has 0 saturated heterocycles. The molecule has 0 aliphatic heterocycles. The minimum Gasteiger partial charge on any atom is -0.207 e. The molecule has 1 fully saturated rings. The first-order valence-corrected chi connectivity index (χ1v) is 11.1. The zero-order valence-electron chi connectivity index (χ0n) is 17.8. The second-order valence-electron chi connectivity index (χ2n) is 8.54. The summed E-state index contributed by atoms with van der Waals surface area (Å²) in [6, 6.07) is 15.6. The monoisotopic (exact) mass is 418 g/mol. The van der Waals surface area contributed by atoms with Gasteiger partial charge in [-0.15, -0.1) is 0 Å². The van der Waals surface area contributed by atoms with Gasteiger partial charge in [-0.25, -0.2) is 13.2 Å². The molecule has 158 valence electrons. The molecule has 4 rings (SSSR count). The third kappa shape index (κ3) is 4.44. The zero-order chi connectivity index (χ0) is 22.0. The topological polar surface area (TPSA) is 0 Å². The third-order valence-corrected chi connectivity index (χ3v) is 6.78. The number of benzene rings is 3. The van der Waals surface area contributed by atoms with E-state index in [1.807, 2.05) is 24.3 Å². The van der Waals surface area contributed by atoms with Crippen LogP contribution in [0.3, 0.4) is 0 Å². The molecule has 3 aromatic carbocycles. The summed E-state index contributed by atoms with van der Waals surface area (Å²) >= 11 is 0. The summed E-state index contributed by atoms with van der Waals surface area (Å²) in [5.41, 5.74) is 3.33. The molecule has 31 heavy (non-hydrogen) atoms. The van der Waals surface area contributed by atoms with Gasteiger partial charge in [0.05, 0.1) is 7.85 Å². The zero-order valence-corrected chi connectivity index (χ0v) is 17.8. The maximum absolute atomic E-state index is 14.9. The van der Waals surface area contributed by atoms with Crippen LogP contribution in [0, 0.1) is 23.4 Å². The smallest absolute Gasteiger partial charge is 0.166 e. The van der Waals surface area contributed by atoms with Gasteiger partial charge < -0.3 is 0 Å². The van der Waals surface area contributed by atoms with E-state index in [0.717, 1.165) is 35.4 Å². The molecule has 0 unspecified atom stereocenters. The summed E-state index contributed by atoms with van der Waals surface area (Å²) in [6.45, 7) is 2.23. The van der Waals surface area contributed by atoms with Crippen LogP contribution in [0.2, 0.25) is 0 Å². The minimum absolute atomic E-state index is 0.0520. The molecule has 0 bridgehead atoms. The van der Waals surface area contributed by atoms with Crippen molar-refractivity contribution in [2.24, 2.45) is 5.92 Å². The van der Waals surface area contributed by atoms with Crippen molar-refractivity contribution in [3.8, 4) is 22.3 Å². The van der Waals surface area contributed by atoms with E-state index >= 15 is 0 Å². The fraction of sp³-hybridized carbons (Fsp3) is 0.333. The molecule has 2 radical (unpaired) electrons. The Hall–Kier alpha value is -2.49. The quantitative estimate of drug-likeness (QED) is 0.371. The van der Waals surface area contributed by atoms with Crippen LogP contribution in [-0.4, -0.2) is 7.85 Å². The fourth-order valence-corrected chi connectivity index (χ4v) is 4.73. The van der Waals surface area contributed by atoms with Crippen LogP contribution in [0.5, 0.6) is 0 Å². The minimum atomic E-state index is -0.908. The summed E-state index contributed by atoms with van der Waals surface area (Å²) in [4.78, 5) is 0. The molecule has 0 heterocycles. The lowest BCUT2D eigenvalue weighted by molar-refractivity contribution is 0.314. The summed E-state index contributed by atoms with van der Waals surface area (Å²) in [5.74, 6) is -0.888. The van der Waals surface area contributed by atoms with Crippen molar-refractivity contribution >= 4 is 7.85 Å². The van der Waals surface area contributed by atoms with E-state index in [2.05, 4.69) is 6.92 Å². The predicted octanol–water partition coefficient (Wildman–Crippen LogP) is 7.79. The van der Waals surface area contributed by atoms with E-state index < -0.39 is 11.6 Å². The molecule has 1 aliphatic carbocycles. The lowest BCUT2D eigenvalue weighted by atomic mass is 9.77. The van der Waals surface area contributed by atoms with E-state index in [1.165, 1.54) is 31.4 Å². The molecular formula is C27H26BF3. The Bertz CT molecular complexity index is 1050. The van der Waals surface area contributed by atoms with Gasteiger partial charge in [-0.3, -0.25) is 0 Å². The van der Waals surface area contributed by atoms with Crippen LogP contribution in [0.15, 0.2) is 54.6 Å². The number of hydrogen-bond acceptors (Lipinski definition) is 0. The van der Waals surface area contributed by atoms with Gasteiger partial charge in [0.25, 0.3) is 0 Å². The van der Waals surface area contributed by atoms with Gasteiger partial charge in [0.15, 0.2) is 11.6 Å². The summed E-state index contributed by atoms with van der Waals surface area (Å²) in [6.07, 6.45) is 5.60. The van der Waals surface area contributed by atoms with Gasteiger partial charge >= 0.3 is 0 Å². The van der Waals surface area contributed by atoms with Crippen LogP contribution in [0.4, 0.5) is 13.2 Å². The first kappa shape index (κ1) is 21.7. The van der Waals surface area contributed by atoms with Gasteiger partial charge in [-0.2, -0.15) is 0 Å². The van der Waals surface area contributed by atoms with Gasteiger partial charge in [-0.1, -0.05) is 68.2 Å². The molecule has 1 aliphatic rings. The van der Waals surface area contributed by atoms with E-state index in [0.29, 0.717) is 11.5 Å². The summed E-state index contributed by atoms with van der Waals surface area (Å²) < 4.78 is 43.4. The van der Waals surface area contributed by atoms with Crippen molar-refractivity contribution in [1.82, 2.24) is 0 Å². The Morgan fingerprint density at radius 1 is 0.774 bits per heavy atom. The molecule has 0 N–H and O–H groups in total. The second-order valence-corrected chi connectivity index (χ2v) is 8.54. The van der Waals surface area contributed by atoms with Crippen molar-refractivity contribution in [3.63, 3.8) is 0 Å². The van der Waals surface area contributed by atoms with E-state index in [9.17, 15) is 13.2 Å². The normalized spacial score (nSPS) is 18.8. The molecule has 0 aromatic heterocycles. The van der Waals surface area contributed by atoms with Crippen molar-refractivity contribution in [2.75, 3.05) is 0 Å². The molecule has 0 nitrogen and oxygen atoms in total. The summed E-state index contributed by atoms with van der Waals surface area (Å²) in [5, 5.41) is 0. The van der Waals surface area contributed by atoms with Crippen molar-refractivity contribution in [3.05, 3.63) is 83.2 Å². The maximum atomic E-state index is 14.9. The van der Waals surface area contributed by atoms with Crippen molar-refractivity contribution < 1.29 is 13.2 Å². The lowest BCUT2D eigenvalue weighted by Gasteiger charge is -2.28. The standard InChI is InChI=1S/C27H26BF3/c1-2-17-3-5-19(6-4-17)23-13-11-21(15-25(23)29)18-7-9-20(10-8-18)24-14-12-22(16-28)26(30)27(24)31/h7-15,17,19H,2-6,16H2,1H3. The largest absolute Gasteiger partial charge is 0.207 e. The van der Waals surface area contributed by atoms with Gasteiger partial charge in [0, 0.05) is 5.56 Å². The van der Waals surface area contributed by atoms with Crippen LogP contribution in [0.1, 0.15) is 56.1 Å². The SMILES string of the molecule is [B]Cc1ccc(-c2ccc(-c3ccc(C4CCC(CC)CC4)c(F)c3)cc2)c(F)c1F. The maximum Gasteiger partial charge on any atom is 0.166 e. The lowest BCUT2D eigenvalue weighted by Crippen LogP contribution is -2.13. The number of hydrogen-bond donors (Lipinski definition) is 0. The molecule has 3 aromatic rings. The molecule has 0 amide bonds. The molecule has 4 heteroatoms. The summed E-state index contributed by atoms with van der Waals surface area (Å²) in [7, 11) is 5.44. The van der Waals surface area contributed by atoms with Crippen LogP contribution in [-0.2, 0) is 6.32 Å². The average Bonchev–Trinajstić information content (AvgIpc) is 2.81. The predicted molar refractivity (Wildman–Crippen MR) is 122 cm³/mol. The van der Waals surface area contributed by atoms with E-state index in [-0.39, 0.29) is 23.3 Å². The highest BCUT2D eigenvalue weighted by Gasteiger charge is 2.23. The second kappa shape index (κ2) is 9.34. The highest BCUT2D eigenvalue weighted by molar-refractivity contribution is 6.08. The Balaban J connectivity index is 1.55. The van der Waals surface area contributed by atoms with Crippen LogP contribution in [0.25, 0.3) is 22.3 Å². The Morgan fingerprint density at radius 2 is 1.42 bits per heavy atom. The fourth-order valence-electron chi connectivity index (χ4n) is 4.73.